The van der Waals surface area contributed by atoms with Crippen molar-refractivity contribution in [2.24, 2.45) is 13.0 Å². The van der Waals surface area contributed by atoms with Crippen molar-refractivity contribution >= 4 is 10.0 Å². The topological polar surface area (TPSA) is 67.2 Å². The molecule has 2 atom stereocenters. The van der Waals surface area contributed by atoms with E-state index >= 15 is 0 Å². The van der Waals surface area contributed by atoms with Gasteiger partial charge in [-0.1, -0.05) is 0 Å². The Kier molecular flexibility index (Phi) is 4.07. The summed E-state index contributed by atoms with van der Waals surface area (Å²) in [5.74, 6) is 0.310. The van der Waals surface area contributed by atoms with E-state index in [1.54, 1.807) is 0 Å². The summed E-state index contributed by atoms with van der Waals surface area (Å²) in [4.78, 5) is 2.56. The van der Waals surface area contributed by atoms with Crippen molar-refractivity contribution in [3.8, 4) is 0 Å². The lowest BCUT2D eigenvalue weighted by atomic mass is 9.87. The van der Waals surface area contributed by atoms with Crippen LogP contribution in [0.25, 0.3) is 0 Å². The molecule has 1 saturated carbocycles. The average molecular weight is 312 g/mol. The van der Waals surface area contributed by atoms with Crippen LogP contribution in [0.5, 0.6) is 0 Å². The molecular weight excluding hydrogens is 288 g/mol. The first-order chi connectivity index (χ1) is 9.96. The predicted molar refractivity (Wildman–Crippen MR) is 81.2 cm³/mol. The van der Waals surface area contributed by atoms with Crippen molar-refractivity contribution in [1.82, 2.24) is 19.4 Å². The molecular formula is C14H24N4O2S. The minimum Gasteiger partial charge on any atom is -0.292 e. The summed E-state index contributed by atoms with van der Waals surface area (Å²) in [6, 6.07) is 3.01. The maximum Gasteiger partial charge on any atom is 0.208 e. The van der Waals surface area contributed by atoms with Gasteiger partial charge in [-0.2, -0.15) is 5.10 Å². The number of aromatic nitrogens is 2. The van der Waals surface area contributed by atoms with Crippen LogP contribution in [0, 0.1) is 5.92 Å². The van der Waals surface area contributed by atoms with Crippen LogP contribution < -0.4 is 4.72 Å². The number of piperidine rings is 1. The summed E-state index contributed by atoms with van der Waals surface area (Å²) in [7, 11) is -1.17. The van der Waals surface area contributed by atoms with Gasteiger partial charge in [0.05, 0.1) is 18.0 Å². The lowest BCUT2D eigenvalue weighted by Gasteiger charge is -2.41. The molecule has 2 fully saturated rings. The maximum atomic E-state index is 11.4. The number of nitrogens with one attached hydrogen (secondary N) is 1. The highest BCUT2D eigenvalue weighted by molar-refractivity contribution is 7.88. The zero-order chi connectivity index (χ0) is 15.0. The van der Waals surface area contributed by atoms with Gasteiger partial charge >= 0.3 is 0 Å². The Morgan fingerprint density at radius 1 is 1.38 bits per heavy atom. The standard InChI is InChI=1S/C14H24N4O2S/c1-17-13(7-8-15-17)14-11(10-16-21(2,19)20)4-3-9-18(14)12-5-6-12/h7-8,11-12,14,16H,3-6,9-10H2,1-2H3/t11-,14+/m0/s1. The second-order valence-electron chi connectivity index (χ2n) is 6.32. The van der Waals surface area contributed by atoms with E-state index in [4.69, 9.17) is 0 Å². The molecule has 1 aliphatic heterocycles. The van der Waals surface area contributed by atoms with Gasteiger partial charge in [0, 0.05) is 25.8 Å². The Morgan fingerprint density at radius 3 is 2.71 bits per heavy atom. The third-order valence-corrected chi connectivity index (χ3v) is 5.27. The highest BCUT2D eigenvalue weighted by atomic mass is 32.2. The highest BCUT2D eigenvalue weighted by Crippen LogP contribution is 2.42. The fraction of sp³-hybridized carbons (Fsp3) is 0.786. The Morgan fingerprint density at radius 2 is 2.14 bits per heavy atom. The van der Waals surface area contributed by atoms with E-state index in [0.717, 1.165) is 19.4 Å². The Balaban J connectivity index is 1.83. The molecule has 3 rings (SSSR count). The van der Waals surface area contributed by atoms with E-state index in [1.807, 2.05) is 17.9 Å². The third kappa shape index (κ3) is 3.46. The second kappa shape index (κ2) is 5.70. The minimum absolute atomic E-state index is 0.271. The van der Waals surface area contributed by atoms with Crippen molar-refractivity contribution in [3.05, 3.63) is 18.0 Å². The van der Waals surface area contributed by atoms with E-state index in [2.05, 4.69) is 20.8 Å². The molecule has 0 spiro atoms. The normalized spacial score (nSPS) is 27.9. The second-order valence-corrected chi connectivity index (χ2v) is 8.15. The first-order valence-corrected chi connectivity index (χ1v) is 9.53. The molecule has 6 nitrogen and oxygen atoms in total. The lowest BCUT2D eigenvalue weighted by molar-refractivity contribution is 0.0805. The number of rotatable bonds is 5. The molecule has 0 bridgehead atoms. The lowest BCUT2D eigenvalue weighted by Crippen LogP contribution is -2.45. The SMILES string of the molecule is Cn1nccc1[C@H]1[C@H](CNS(C)(=O)=O)CCCN1C1CC1. The number of aryl methyl sites for hydroxylation is 1. The van der Waals surface area contributed by atoms with Crippen molar-refractivity contribution < 1.29 is 8.42 Å². The highest BCUT2D eigenvalue weighted by Gasteiger charge is 2.41. The molecule has 1 aromatic heterocycles. The number of likely N-dealkylation sites (tertiary alicyclic amines) is 1. The van der Waals surface area contributed by atoms with E-state index in [9.17, 15) is 8.42 Å². The number of hydrogen-bond donors (Lipinski definition) is 1. The minimum atomic E-state index is -3.14. The fourth-order valence-corrected chi connectivity index (χ4v) is 3.99. The summed E-state index contributed by atoms with van der Waals surface area (Å²) >= 11 is 0. The van der Waals surface area contributed by atoms with Crippen LogP contribution in [0.3, 0.4) is 0 Å². The molecule has 0 unspecified atom stereocenters. The molecule has 118 valence electrons. The smallest absolute Gasteiger partial charge is 0.208 e. The zero-order valence-corrected chi connectivity index (χ0v) is 13.5. The average Bonchev–Trinajstić information content (AvgIpc) is 3.18. The molecule has 1 aliphatic carbocycles. The van der Waals surface area contributed by atoms with Gasteiger partial charge in [0.1, 0.15) is 0 Å². The van der Waals surface area contributed by atoms with Gasteiger partial charge in [-0.25, -0.2) is 13.1 Å². The maximum absolute atomic E-state index is 11.4. The van der Waals surface area contributed by atoms with Gasteiger partial charge in [0.15, 0.2) is 0 Å². The van der Waals surface area contributed by atoms with Crippen LogP contribution in [0.4, 0.5) is 0 Å². The van der Waals surface area contributed by atoms with E-state index in [1.165, 1.54) is 24.8 Å². The van der Waals surface area contributed by atoms with Gasteiger partial charge in [0.2, 0.25) is 10.0 Å². The summed E-state index contributed by atoms with van der Waals surface area (Å²) < 4.78 is 27.5. The van der Waals surface area contributed by atoms with Crippen molar-refractivity contribution in [1.29, 1.82) is 0 Å². The van der Waals surface area contributed by atoms with E-state index in [-0.39, 0.29) is 6.04 Å². The van der Waals surface area contributed by atoms with Gasteiger partial charge in [-0.3, -0.25) is 9.58 Å². The monoisotopic (exact) mass is 312 g/mol. The number of nitrogens with zero attached hydrogens (tertiary/aromatic N) is 3. The Hall–Kier alpha value is -0.920. The van der Waals surface area contributed by atoms with Crippen LogP contribution in [0.2, 0.25) is 0 Å². The summed E-state index contributed by atoms with van der Waals surface area (Å²) in [6.45, 7) is 1.62. The van der Waals surface area contributed by atoms with Crippen LogP contribution in [-0.2, 0) is 17.1 Å². The van der Waals surface area contributed by atoms with Crippen molar-refractivity contribution in [2.75, 3.05) is 19.3 Å². The van der Waals surface area contributed by atoms with E-state index in [0.29, 0.717) is 18.5 Å². The van der Waals surface area contributed by atoms with Gasteiger partial charge in [-0.05, 0) is 44.2 Å². The van der Waals surface area contributed by atoms with E-state index < -0.39 is 10.0 Å². The fourth-order valence-electron chi connectivity index (χ4n) is 3.48. The summed E-state index contributed by atoms with van der Waals surface area (Å²) in [5, 5.41) is 4.30. The molecule has 2 aliphatic rings. The summed E-state index contributed by atoms with van der Waals surface area (Å²) in [6.07, 6.45) is 7.79. The largest absolute Gasteiger partial charge is 0.292 e. The molecule has 0 aromatic carbocycles. The Bertz CT molecular complexity index is 594. The molecule has 21 heavy (non-hydrogen) atoms. The first kappa shape index (κ1) is 15.0. The number of hydrogen-bond acceptors (Lipinski definition) is 4. The molecule has 7 heteroatoms. The Labute approximate surface area is 126 Å². The van der Waals surface area contributed by atoms with Gasteiger partial charge in [0.25, 0.3) is 0 Å². The van der Waals surface area contributed by atoms with Gasteiger partial charge in [-0.15, -0.1) is 0 Å². The third-order valence-electron chi connectivity index (χ3n) is 4.58. The summed E-state index contributed by atoms with van der Waals surface area (Å²) in [5.41, 5.74) is 1.20. The molecule has 2 heterocycles. The quantitative estimate of drug-likeness (QED) is 0.876. The van der Waals surface area contributed by atoms with Crippen LogP contribution in [0.1, 0.15) is 37.4 Å². The molecule has 1 N–H and O–H groups in total. The van der Waals surface area contributed by atoms with Crippen molar-refractivity contribution in [2.45, 2.75) is 37.8 Å². The van der Waals surface area contributed by atoms with Crippen molar-refractivity contribution in [3.63, 3.8) is 0 Å². The van der Waals surface area contributed by atoms with Crippen LogP contribution >= 0.6 is 0 Å². The van der Waals surface area contributed by atoms with Gasteiger partial charge < -0.3 is 0 Å². The van der Waals surface area contributed by atoms with Crippen LogP contribution in [-0.4, -0.2) is 48.5 Å². The first-order valence-electron chi connectivity index (χ1n) is 7.64. The number of sulfonamides is 1. The molecule has 1 aromatic rings. The molecule has 1 saturated heterocycles. The van der Waals surface area contributed by atoms with Crippen LogP contribution in [0.15, 0.2) is 12.3 Å². The molecule has 0 radical (unpaired) electrons. The molecule has 0 amide bonds. The predicted octanol–water partition coefficient (Wildman–Crippen LogP) is 0.885. The zero-order valence-electron chi connectivity index (χ0n) is 12.7.